The molecule has 0 saturated carbocycles. The topological polar surface area (TPSA) is 29.5 Å². The van der Waals surface area contributed by atoms with Crippen molar-refractivity contribution in [2.45, 2.75) is 12.3 Å². The zero-order valence-electron chi connectivity index (χ0n) is 10.5. The molecule has 0 aromatic heterocycles. The Labute approximate surface area is 108 Å². The number of aliphatic hydroxyl groups excluding tert-OH is 1. The Kier molecular flexibility index (Phi) is 4.37. The second-order valence-corrected chi connectivity index (χ2v) is 4.34. The number of methoxy groups -OCH3 is 1. The first kappa shape index (κ1) is 12.7. The molecule has 0 fully saturated rings. The molecule has 1 atom stereocenters. The monoisotopic (exact) mass is 242 g/mol. The van der Waals surface area contributed by atoms with Gasteiger partial charge in [0.1, 0.15) is 5.75 Å². The van der Waals surface area contributed by atoms with Crippen molar-refractivity contribution in [3.8, 4) is 5.75 Å². The molecule has 0 aliphatic rings. The summed E-state index contributed by atoms with van der Waals surface area (Å²) in [5.41, 5.74) is 2.38. The van der Waals surface area contributed by atoms with E-state index in [0.29, 0.717) is 0 Å². The summed E-state index contributed by atoms with van der Waals surface area (Å²) in [7, 11) is 1.66. The van der Waals surface area contributed by atoms with Crippen molar-refractivity contribution in [2.75, 3.05) is 13.7 Å². The van der Waals surface area contributed by atoms with Crippen LogP contribution in [0.15, 0.2) is 54.6 Å². The van der Waals surface area contributed by atoms with Gasteiger partial charge >= 0.3 is 0 Å². The molecular formula is C16H18O2. The van der Waals surface area contributed by atoms with Gasteiger partial charge in [-0.25, -0.2) is 0 Å². The van der Waals surface area contributed by atoms with Crippen LogP contribution in [-0.2, 0) is 6.42 Å². The van der Waals surface area contributed by atoms with Gasteiger partial charge in [0.2, 0.25) is 0 Å². The van der Waals surface area contributed by atoms with E-state index in [-0.39, 0.29) is 12.5 Å². The molecule has 0 radical (unpaired) electrons. The Bertz CT molecular complexity index is 462. The Morgan fingerprint density at radius 1 is 1.00 bits per heavy atom. The average Bonchev–Trinajstić information content (AvgIpc) is 2.46. The first-order valence-corrected chi connectivity index (χ1v) is 6.12. The molecule has 0 saturated heterocycles. The van der Waals surface area contributed by atoms with Gasteiger partial charge in [-0.2, -0.15) is 0 Å². The third-order valence-corrected chi connectivity index (χ3v) is 3.13. The van der Waals surface area contributed by atoms with Crippen LogP contribution in [0.1, 0.15) is 17.0 Å². The van der Waals surface area contributed by atoms with Gasteiger partial charge in [0.25, 0.3) is 0 Å². The predicted octanol–water partition coefficient (Wildman–Crippen LogP) is 3.01. The van der Waals surface area contributed by atoms with Crippen molar-refractivity contribution < 1.29 is 9.84 Å². The molecular weight excluding hydrogens is 224 g/mol. The lowest BCUT2D eigenvalue weighted by atomic mass is 9.93. The molecule has 0 amide bonds. The van der Waals surface area contributed by atoms with E-state index in [2.05, 4.69) is 12.1 Å². The molecule has 18 heavy (non-hydrogen) atoms. The third kappa shape index (κ3) is 3.11. The van der Waals surface area contributed by atoms with Crippen LogP contribution < -0.4 is 4.74 Å². The quantitative estimate of drug-likeness (QED) is 0.873. The minimum atomic E-state index is 0.137. The summed E-state index contributed by atoms with van der Waals surface area (Å²) < 4.78 is 5.14. The lowest BCUT2D eigenvalue weighted by Gasteiger charge is -2.15. The van der Waals surface area contributed by atoms with E-state index in [1.54, 1.807) is 7.11 Å². The number of hydrogen-bond acceptors (Lipinski definition) is 2. The first-order valence-electron chi connectivity index (χ1n) is 6.12. The zero-order chi connectivity index (χ0) is 12.8. The fraction of sp³-hybridized carbons (Fsp3) is 0.250. The Balaban J connectivity index is 2.12. The Hall–Kier alpha value is -1.80. The van der Waals surface area contributed by atoms with E-state index in [4.69, 9.17) is 4.74 Å². The molecule has 0 heterocycles. The summed E-state index contributed by atoms with van der Waals surface area (Å²) in [5.74, 6) is 0.980. The average molecular weight is 242 g/mol. The minimum absolute atomic E-state index is 0.137. The van der Waals surface area contributed by atoms with Crippen molar-refractivity contribution >= 4 is 0 Å². The van der Waals surface area contributed by atoms with E-state index in [1.807, 2.05) is 42.5 Å². The number of rotatable bonds is 5. The number of hydrogen-bond donors (Lipinski definition) is 1. The van der Waals surface area contributed by atoms with E-state index in [0.717, 1.165) is 17.7 Å². The highest BCUT2D eigenvalue weighted by molar-refractivity contribution is 5.31. The lowest BCUT2D eigenvalue weighted by Crippen LogP contribution is -2.07. The molecule has 2 aromatic carbocycles. The second-order valence-electron chi connectivity index (χ2n) is 4.34. The van der Waals surface area contributed by atoms with Crippen LogP contribution in [0.3, 0.4) is 0 Å². The van der Waals surface area contributed by atoms with Crippen molar-refractivity contribution in [1.82, 2.24) is 0 Å². The van der Waals surface area contributed by atoms with Crippen LogP contribution >= 0.6 is 0 Å². The maximum absolute atomic E-state index is 9.54. The highest BCUT2D eigenvalue weighted by Gasteiger charge is 2.11. The lowest BCUT2D eigenvalue weighted by molar-refractivity contribution is 0.264. The fourth-order valence-electron chi connectivity index (χ4n) is 2.06. The molecule has 0 aliphatic heterocycles. The highest BCUT2D eigenvalue weighted by atomic mass is 16.5. The summed E-state index contributed by atoms with van der Waals surface area (Å²) in [6.45, 7) is 0.154. The number of aliphatic hydroxyl groups is 1. The fourth-order valence-corrected chi connectivity index (χ4v) is 2.06. The maximum atomic E-state index is 9.54. The van der Waals surface area contributed by atoms with Crippen LogP contribution in [0.4, 0.5) is 0 Å². The van der Waals surface area contributed by atoms with Crippen LogP contribution in [-0.4, -0.2) is 18.8 Å². The molecule has 2 nitrogen and oxygen atoms in total. The summed E-state index contributed by atoms with van der Waals surface area (Å²) in [6, 6.07) is 18.1. The third-order valence-electron chi connectivity index (χ3n) is 3.13. The van der Waals surface area contributed by atoms with Gasteiger partial charge in [0.15, 0.2) is 0 Å². The van der Waals surface area contributed by atoms with Crippen LogP contribution in [0.25, 0.3) is 0 Å². The molecule has 2 rings (SSSR count). The molecule has 0 aliphatic carbocycles. The van der Waals surface area contributed by atoms with Crippen LogP contribution in [0.2, 0.25) is 0 Å². The molecule has 0 spiro atoms. The van der Waals surface area contributed by atoms with E-state index in [1.165, 1.54) is 5.56 Å². The van der Waals surface area contributed by atoms with Crippen molar-refractivity contribution in [1.29, 1.82) is 0 Å². The van der Waals surface area contributed by atoms with Crippen molar-refractivity contribution in [2.24, 2.45) is 0 Å². The number of ether oxygens (including phenoxy) is 1. The summed E-state index contributed by atoms with van der Waals surface area (Å²) >= 11 is 0. The van der Waals surface area contributed by atoms with Gasteiger partial charge < -0.3 is 9.84 Å². The highest BCUT2D eigenvalue weighted by Crippen LogP contribution is 2.22. The SMILES string of the molecule is COc1ccc([C@H](CO)Cc2ccccc2)cc1. The molecule has 1 N–H and O–H groups in total. The first-order chi connectivity index (χ1) is 8.83. The minimum Gasteiger partial charge on any atom is -0.497 e. The predicted molar refractivity (Wildman–Crippen MR) is 73.0 cm³/mol. The normalized spacial score (nSPS) is 12.1. The second kappa shape index (κ2) is 6.22. The molecule has 2 heteroatoms. The van der Waals surface area contributed by atoms with Crippen LogP contribution in [0.5, 0.6) is 5.75 Å². The van der Waals surface area contributed by atoms with E-state index in [9.17, 15) is 5.11 Å². The molecule has 0 bridgehead atoms. The molecule has 2 aromatic rings. The molecule has 0 unspecified atom stereocenters. The Morgan fingerprint density at radius 2 is 1.67 bits per heavy atom. The van der Waals surface area contributed by atoms with Crippen LogP contribution in [0, 0.1) is 0 Å². The van der Waals surface area contributed by atoms with Gasteiger partial charge in [0, 0.05) is 5.92 Å². The van der Waals surface area contributed by atoms with Crippen molar-refractivity contribution in [3.05, 3.63) is 65.7 Å². The maximum Gasteiger partial charge on any atom is 0.118 e. The van der Waals surface area contributed by atoms with Gasteiger partial charge in [-0.3, -0.25) is 0 Å². The van der Waals surface area contributed by atoms with Gasteiger partial charge in [-0.15, -0.1) is 0 Å². The summed E-state index contributed by atoms with van der Waals surface area (Å²) in [5, 5.41) is 9.54. The van der Waals surface area contributed by atoms with E-state index >= 15 is 0 Å². The van der Waals surface area contributed by atoms with E-state index < -0.39 is 0 Å². The largest absolute Gasteiger partial charge is 0.497 e. The zero-order valence-corrected chi connectivity index (χ0v) is 10.5. The summed E-state index contributed by atoms with van der Waals surface area (Å²) in [4.78, 5) is 0. The van der Waals surface area contributed by atoms with Gasteiger partial charge in [-0.1, -0.05) is 42.5 Å². The smallest absolute Gasteiger partial charge is 0.118 e. The number of benzene rings is 2. The van der Waals surface area contributed by atoms with Crippen molar-refractivity contribution in [3.63, 3.8) is 0 Å². The standard InChI is InChI=1S/C16H18O2/c1-18-16-9-7-14(8-10-16)15(12-17)11-13-5-3-2-4-6-13/h2-10,15,17H,11-12H2,1H3/t15-/m0/s1. The summed E-state index contributed by atoms with van der Waals surface area (Å²) in [6.07, 6.45) is 0.851. The van der Waals surface area contributed by atoms with Gasteiger partial charge in [-0.05, 0) is 29.7 Å². The van der Waals surface area contributed by atoms with Gasteiger partial charge in [0.05, 0.1) is 13.7 Å². The Morgan fingerprint density at radius 3 is 2.22 bits per heavy atom. The molecule has 94 valence electrons.